The lowest BCUT2D eigenvalue weighted by Crippen LogP contribution is -2.00. The molecule has 0 aliphatic carbocycles. The van der Waals surface area contributed by atoms with E-state index in [0.29, 0.717) is 6.04 Å². The van der Waals surface area contributed by atoms with Crippen molar-refractivity contribution in [3.05, 3.63) is 27.1 Å². The highest BCUT2D eigenvalue weighted by atomic mass is 79.9. The number of aromatic nitrogens is 2. The summed E-state index contributed by atoms with van der Waals surface area (Å²) < 4.78 is 3.73. The van der Waals surface area contributed by atoms with Crippen molar-refractivity contribution in [2.75, 3.05) is 0 Å². The molecule has 2 rings (SSSR count). The second-order valence-electron chi connectivity index (χ2n) is 3.50. The Hall–Kier alpha value is -0.320. The van der Waals surface area contributed by atoms with Crippen LogP contribution in [-0.2, 0) is 0 Å². The lowest BCUT2D eigenvalue weighted by molar-refractivity contribution is 0.534. The molecule has 0 aromatic carbocycles. The predicted octanol–water partition coefficient (Wildman–Crippen LogP) is 4.61. The highest BCUT2D eigenvalue weighted by Crippen LogP contribution is 2.34. The summed E-state index contributed by atoms with van der Waals surface area (Å²) in [7, 11) is 0. The monoisotopic (exact) mass is 304 g/mol. The molecule has 0 N–H and O–H groups in total. The lowest BCUT2D eigenvalue weighted by Gasteiger charge is -2.02. The average molecular weight is 306 g/mol. The first-order valence-corrected chi connectivity index (χ1v) is 6.57. The van der Waals surface area contributed by atoms with Gasteiger partial charge in [0.1, 0.15) is 5.69 Å². The summed E-state index contributed by atoms with van der Waals surface area (Å²) in [6, 6.07) is 4.25. The van der Waals surface area contributed by atoms with E-state index in [1.807, 2.05) is 23.0 Å². The fourth-order valence-electron chi connectivity index (χ4n) is 1.24. The zero-order valence-corrected chi connectivity index (χ0v) is 11.5. The first-order valence-electron chi connectivity index (χ1n) is 4.58. The van der Waals surface area contributed by atoms with Gasteiger partial charge in [-0.25, -0.2) is 0 Å². The molecule has 0 spiro atoms. The Bertz CT molecular complexity index is 475. The SMILES string of the molecule is CC(C)n1cc(Br)c(-c2ccc(Cl)s2)n1. The third-order valence-electron chi connectivity index (χ3n) is 2.02. The van der Waals surface area contributed by atoms with Gasteiger partial charge >= 0.3 is 0 Å². The summed E-state index contributed by atoms with van der Waals surface area (Å²) >= 11 is 11.0. The molecule has 5 heteroatoms. The third kappa shape index (κ3) is 2.27. The highest BCUT2D eigenvalue weighted by Gasteiger charge is 2.12. The quantitative estimate of drug-likeness (QED) is 0.792. The second kappa shape index (κ2) is 4.28. The Morgan fingerprint density at radius 3 is 2.67 bits per heavy atom. The molecule has 2 aromatic heterocycles. The Morgan fingerprint density at radius 1 is 1.47 bits per heavy atom. The first kappa shape index (κ1) is 11.2. The molecule has 0 aliphatic rings. The topological polar surface area (TPSA) is 17.8 Å². The van der Waals surface area contributed by atoms with Crippen LogP contribution in [0.25, 0.3) is 10.6 Å². The number of rotatable bonds is 2. The number of thiophene rings is 1. The number of nitrogens with zero attached hydrogens (tertiary/aromatic N) is 2. The van der Waals surface area contributed by atoms with Gasteiger partial charge in [-0.3, -0.25) is 4.68 Å². The molecular formula is C10H10BrClN2S. The van der Waals surface area contributed by atoms with Crippen molar-refractivity contribution in [3.63, 3.8) is 0 Å². The van der Waals surface area contributed by atoms with E-state index in [1.165, 1.54) is 11.3 Å². The van der Waals surface area contributed by atoms with Crippen molar-refractivity contribution >= 4 is 38.9 Å². The molecule has 2 aromatic rings. The molecule has 0 saturated carbocycles. The summed E-state index contributed by atoms with van der Waals surface area (Å²) in [6.45, 7) is 4.20. The van der Waals surface area contributed by atoms with E-state index in [9.17, 15) is 0 Å². The van der Waals surface area contributed by atoms with Gasteiger partial charge < -0.3 is 0 Å². The molecule has 0 fully saturated rings. The van der Waals surface area contributed by atoms with Crippen LogP contribution < -0.4 is 0 Å². The molecular weight excluding hydrogens is 296 g/mol. The van der Waals surface area contributed by atoms with Gasteiger partial charge in [0.15, 0.2) is 0 Å². The van der Waals surface area contributed by atoms with Gasteiger partial charge in [-0.2, -0.15) is 5.10 Å². The minimum Gasteiger partial charge on any atom is -0.268 e. The zero-order chi connectivity index (χ0) is 11.0. The molecule has 0 unspecified atom stereocenters. The van der Waals surface area contributed by atoms with Gasteiger partial charge in [0, 0.05) is 12.2 Å². The van der Waals surface area contributed by atoms with E-state index in [1.54, 1.807) is 0 Å². The number of hydrogen-bond acceptors (Lipinski definition) is 2. The van der Waals surface area contributed by atoms with E-state index in [-0.39, 0.29) is 0 Å². The molecule has 0 radical (unpaired) electrons. The van der Waals surface area contributed by atoms with Crippen LogP contribution in [0.4, 0.5) is 0 Å². The summed E-state index contributed by atoms with van der Waals surface area (Å²) in [4.78, 5) is 1.09. The Labute approximate surface area is 106 Å². The maximum atomic E-state index is 5.90. The van der Waals surface area contributed by atoms with E-state index in [4.69, 9.17) is 11.6 Å². The Morgan fingerprint density at radius 2 is 2.20 bits per heavy atom. The molecule has 0 aliphatic heterocycles. The summed E-state index contributed by atoms with van der Waals surface area (Å²) in [5.74, 6) is 0. The molecule has 2 heterocycles. The zero-order valence-electron chi connectivity index (χ0n) is 8.37. The normalized spacial score (nSPS) is 11.3. The fraction of sp³-hybridized carbons (Fsp3) is 0.300. The van der Waals surface area contributed by atoms with Crippen LogP contribution in [-0.4, -0.2) is 9.78 Å². The second-order valence-corrected chi connectivity index (χ2v) is 6.07. The van der Waals surface area contributed by atoms with Crippen molar-refractivity contribution in [1.29, 1.82) is 0 Å². The van der Waals surface area contributed by atoms with Crippen molar-refractivity contribution in [3.8, 4) is 10.6 Å². The first-order chi connectivity index (χ1) is 7.08. The van der Waals surface area contributed by atoms with Gasteiger partial charge in [0.2, 0.25) is 0 Å². The predicted molar refractivity (Wildman–Crippen MR) is 68.6 cm³/mol. The molecule has 0 saturated heterocycles. The summed E-state index contributed by atoms with van der Waals surface area (Å²) in [5, 5.41) is 4.51. The minimum absolute atomic E-state index is 0.366. The van der Waals surface area contributed by atoms with Crippen LogP contribution in [0.1, 0.15) is 19.9 Å². The summed E-state index contributed by atoms with van der Waals surface area (Å²) in [6.07, 6.45) is 1.99. The minimum atomic E-state index is 0.366. The van der Waals surface area contributed by atoms with Gasteiger partial charge in [-0.05, 0) is 41.9 Å². The van der Waals surface area contributed by atoms with Crippen molar-refractivity contribution in [1.82, 2.24) is 9.78 Å². The standard InChI is InChI=1S/C10H10BrClN2S/c1-6(2)14-5-7(11)10(13-14)8-3-4-9(12)15-8/h3-6H,1-2H3. The molecule has 80 valence electrons. The van der Waals surface area contributed by atoms with E-state index in [0.717, 1.165) is 19.4 Å². The molecule has 0 bridgehead atoms. The maximum absolute atomic E-state index is 5.90. The van der Waals surface area contributed by atoms with Crippen molar-refractivity contribution in [2.45, 2.75) is 19.9 Å². The van der Waals surface area contributed by atoms with Crippen LogP contribution >= 0.6 is 38.9 Å². The summed E-state index contributed by atoms with van der Waals surface area (Å²) in [5.41, 5.74) is 0.959. The van der Waals surface area contributed by atoms with Crippen molar-refractivity contribution < 1.29 is 0 Å². The largest absolute Gasteiger partial charge is 0.268 e. The van der Waals surface area contributed by atoms with Gasteiger partial charge in [0.25, 0.3) is 0 Å². The molecule has 0 atom stereocenters. The average Bonchev–Trinajstić information content (AvgIpc) is 2.71. The van der Waals surface area contributed by atoms with Crippen LogP contribution in [0, 0.1) is 0 Å². The Balaban J connectivity index is 2.44. The van der Waals surface area contributed by atoms with Crippen LogP contribution in [0.2, 0.25) is 4.34 Å². The molecule has 2 nitrogen and oxygen atoms in total. The molecule has 15 heavy (non-hydrogen) atoms. The maximum Gasteiger partial charge on any atom is 0.116 e. The number of halogens is 2. The van der Waals surface area contributed by atoms with Crippen LogP contribution in [0.15, 0.2) is 22.8 Å². The van der Waals surface area contributed by atoms with Gasteiger partial charge in [-0.15, -0.1) is 11.3 Å². The van der Waals surface area contributed by atoms with E-state index >= 15 is 0 Å². The van der Waals surface area contributed by atoms with Gasteiger partial charge in [-0.1, -0.05) is 11.6 Å². The highest BCUT2D eigenvalue weighted by molar-refractivity contribution is 9.10. The lowest BCUT2D eigenvalue weighted by atomic mass is 10.3. The third-order valence-corrected chi connectivity index (χ3v) is 3.84. The smallest absolute Gasteiger partial charge is 0.116 e. The molecule has 0 amide bonds. The van der Waals surface area contributed by atoms with E-state index in [2.05, 4.69) is 34.9 Å². The van der Waals surface area contributed by atoms with Gasteiger partial charge in [0.05, 0.1) is 13.7 Å². The van der Waals surface area contributed by atoms with Crippen LogP contribution in [0.3, 0.4) is 0 Å². The van der Waals surface area contributed by atoms with Crippen molar-refractivity contribution in [2.24, 2.45) is 0 Å². The Kier molecular flexibility index (Phi) is 3.19. The van der Waals surface area contributed by atoms with Crippen LogP contribution in [0.5, 0.6) is 0 Å². The van der Waals surface area contributed by atoms with E-state index < -0.39 is 0 Å². The fourth-order valence-corrected chi connectivity index (χ4v) is 2.92. The number of hydrogen-bond donors (Lipinski definition) is 0.